The van der Waals surface area contributed by atoms with Crippen molar-refractivity contribution >= 4 is 5.69 Å². The second-order valence-electron chi connectivity index (χ2n) is 3.75. The Kier molecular flexibility index (Phi) is 3.18. The van der Waals surface area contributed by atoms with E-state index in [0.29, 0.717) is 12.3 Å². The van der Waals surface area contributed by atoms with E-state index in [1.807, 2.05) is 25.4 Å². The number of rotatable bonds is 4. The van der Waals surface area contributed by atoms with Gasteiger partial charge in [0, 0.05) is 31.4 Å². The second-order valence-corrected chi connectivity index (χ2v) is 3.75. The number of hydrogen-bond donors (Lipinski definition) is 2. The van der Waals surface area contributed by atoms with Gasteiger partial charge in [-0.3, -0.25) is 4.68 Å². The topological polar surface area (TPSA) is 59.3 Å². The van der Waals surface area contributed by atoms with Crippen LogP contribution in [0.15, 0.2) is 30.6 Å². The highest BCUT2D eigenvalue weighted by molar-refractivity contribution is 5.44. The summed E-state index contributed by atoms with van der Waals surface area (Å²) < 4.78 is 6.74. The highest BCUT2D eigenvalue weighted by atomic mass is 16.5. The molecule has 0 radical (unpaired) electrons. The second kappa shape index (κ2) is 4.78. The lowest BCUT2D eigenvalue weighted by molar-refractivity contribution is 0.406. The number of anilines is 1. The summed E-state index contributed by atoms with van der Waals surface area (Å²) in [5, 5.41) is 17.0. The standard InChI is InChI=1S/C12H15N3O2/c1-15-8-10(7-14-15)13-6-9-3-4-11(17-2)5-12(9)16/h3-5,7-8,13,16H,6H2,1-2H3. The zero-order valence-electron chi connectivity index (χ0n) is 9.84. The van der Waals surface area contributed by atoms with Crippen molar-refractivity contribution in [3.05, 3.63) is 36.2 Å². The van der Waals surface area contributed by atoms with Crippen molar-refractivity contribution in [3.8, 4) is 11.5 Å². The van der Waals surface area contributed by atoms with E-state index >= 15 is 0 Å². The van der Waals surface area contributed by atoms with Crippen molar-refractivity contribution in [1.82, 2.24) is 9.78 Å². The van der Waals surface area contributed by atoms with Crippen molar-refractivity contribution < 1.29 is 9.84 Å². The number of ether oxygens (including phenoxy) is 1. The van der Waals surface area contributed by atoms with Crippen molar-refractivity contribution in [2.75, 3.05) is 12.4 Å². The van der Waals surface area contributed by atoms with Gasteiger partial charge in [-0.1, -0.05) is 0 Å². The number of phenols is 1. The van der Waals surface area contributed by atoms with Crippen LogP contribution in [0.2, 0.25) is 0 Å². The molecule has 0 saturated carbocycles. The van der Waals surface area contributed by atoms with Crippen molar-refractivity contribution in [1.29, 1.82) is 0 Å². The van der Waals surface area contributed by atoms with Crippen molar-refractivity contribution in [2.45, 2.75) is 6.54 Å². The average Bonchev–Trinajstić information content (AvgIpc) is 2.73. The first-order chi connectivity index (χ1) is 8.19. The van der Waals surface area contributed by atoms with E-state index in [1.165, 1.54) is 0 Å². The summed E-state index contributed by atoms with van der Waals surface area (Å²) in [5.41, 5.74) is 1.73. The molecule has 0 spiro atoms. The molecule has 0 bridgehead atoms. The Morgan fingerprint density at radius 1 is 1.47 bits per heavy atom. The number of benzene rings is 1. The van der Waals surface area contributed by atoms with E-state index < -0.39 is 0 Å². The average molecular weight is 233 g/mol. The van der Waals surface area contributed by atoms with Gasteiger partial charge in [0.15, 0.2) is 0 Å². The maximum Gasteiger partial charge on any atom is 0.124 e. The first-order valence-electron chi connectivity index (χ1n) is 5.27. The predicted octanol–water partition coefficient (Wildman–Crippen LogP) is 1.75. The van der Waals surface area contributed by atoms with Crippen LogP contribution in [0.5, 0.6) is 11.5 Å². The number of phenolic OH excluding ortho intramolecular Hbond substituents is 1. The lowest BCUT2D eigenvalue weighted by Gasteiger charge is -2.07. The molecule has 1 aromatic heterocycles. The third kappa shape index (κ3) is 2.69. The monoisotopic (exact) mass is 233 g/mol. The number of aromatic hydroxyl groups is 1. The fraction of sp³-hybridized carbons (Fsp3) is 0.250. The van der Waals surface area contributed by atoms with Gasteiger partial charge in [0.25, 0.3) is 0 Å². The molecule has 17 heavy (non-hydrogen) atoms. The Balaban J connectivity index is 2.04. The fourth-order valence-electron chi connectivity index (χ4n) is 1.53. The molecule has 0 atom stereocenters. The van der Waals surface area contributed by atoms with E-state index in [9.17, 15) is 5.11 Å². The van der Waals surface area contributed by atoms with Gasteiger partial charge in [0.1, 0.15) is 11.5 Å². The third-order valence-electron chi connectivity index (χ3n) is 2.48. The zero-order valence-corrected chi connectivity index (χ0v) is 9.84. The van der Waals surface area contributed by atoms with Crippen molar-refractivity contribution in [3.63, 3.8) is 0 Å². The normalized spacial score (nSPS) is 10.2. The summed E-state index contributed by atoms with van der Waals surface area (Å²) in [6, 6.07) is 5.25. The lowest BCUT2D eigenvalue weighted by atomic mass is 10.2. The maximum absolute atomic E-state index is 9.76. The highest BCUT2D eigenvalue weighted by Crippen LogP contribution is 2.24. The summed E-state index contributed by atoms with van der Waals surface area (Å²) in [5.74, 6) is 0.869. The van der Waals surface area contributed by atoms with Gasteiger partial charge < -0.3 is 15.2 Å². The van der Waals surface area contributed by atoms with Crippen molar-refractivity contribution in [2.24, 2.45) is 7.05 Å². The molecule has 0 saturated heterocycles. The van der Waals surface area contributed by atoms with E-state index in [-0.39, 0.29) is 5.75 Å². The van der Waals surface area contributed by atoms with Gasteiger partial charge in [0.2, 0.25) is 0 Å². The molecule has 0 amide bonds. The molecule has 2 rings (SSSR count). The minimum Gasteiger partial charge on any atom is -0.507 e. The Bertz CT molecular complexity index is 508. The predicted molar refractivity (Wildman–Crippen MR) is 65.2 cm³/mol. The van der Waals surface area contributed by atoms with E-state index in [4.69, 9.17) is 4.74 Å². The van der Waals surface area contributed by atoms with E-state index in [0.717, 1.165) is 11.3 Å². The summed E-state index contributed by atoms with van der Waals surface area (Å²) >= 11 is 0. The van der Waals surface area contributed by atoms with Crippen LogP contribution in [0.1, 0.15) is 5.56 Å². The van der Waals surface area contributed by atoms with Gasteiger partial charge in [-0.05, 0) is 12.1 Å². The van der Waals surface area contributed by atoms with E-state index in [2.05, 4.69) is 10.4 Å². The molecule has 5 nitrogen and oxygen atoms in total. The Hall–Kier alpha value is -2.17. The Morgan fingerprint density at radius 3 is 2.88 bits per heavy atom. The zero-order chi connectivity index (χ0) is 12.3. The van der Waals surface area contributed by atoms with Crippen LogP contribution in [0.25, 0.3) is 0 Å². The number of hydrogen-bond acceptors (Lipinski definition) is 4. The van der Waals surface area contributed by atoms with Crippen LogP contribution in [0.3, 0.4) is 0 Å². The fourth-order valence-corrected chi connectivity index (χ4v) is 1.53. The van der Waals surface area contributed by atoms with Crippen LogP contribution < -0.4 is 10.1 Å². The molecule has 0 aliphatic rings. The molecule has 5 heteroatoms. The van der Waals surface area contributed by atoms with Gasteiger partial charge in [-0.25, -0.2) is 0 Å². The van der Waals surface area contributed by atoms with Crippen LogP contribution >= 0.6 is 0 Å². The molecular formula is C12H15N3O2. The number of nitrogens with zero attached hydrogens (tertiary/aromatic N) is 2. The smallest absolute Gasteiger partial charge is 0.124 e. The molecule has 0 aliphatic heterocycles. The Morgan fingerprint density at radius 2 is 2.29 bits per heavy atom. The van der Waals surface area contributed by atoms with Crippen LogP contribution in [-0.4, -0.2) is 22.0 Å². The number of methoxy groups -OCH3 is 1. The van der Waals surface area contributed by atoms with Gasteiger partial charge in [-0.15, -0.1) is 0 Å². The summed E-state index contributed by atoms with van der Waals surface area (Å²) in [4.78, 5) is 0. The molecule has 0 unspecified atom stereocenters. The van der Waals surface area contributed by atoms with Crippen LogP contribution in [0, 0.1) is 0 Å². The molecule has 2 aromatic rings. The summed E-state index contributed by atoms with van der Waals surface area (Å²) in [6.45, 7) is 0.543. The number of nitrogens with one attached hydrogen (secondary N) is 1. The van der Waals surface area contributed by atoms with Gasteiger partial charge in [-0.2, -0.15) is 5.10 Å². The molecule has 90 valence electrons. The first-order valence-corrected chi connectivity index (χ1v) is 5.27. The SMILES string of the molecule is COc1ccc(CNc2cnn(C)c2)c(O)c1. The highest BCUT2D eigenvalue weighted by Gasteiger charge is 2.03. The molecule has 1 aromatic carbocycles. The quantitative estimate of drug-likeness (QED) is 0.844. The van der Waals surface area contributed by atoms with Crippen LogP contribution in [-0.2, 0) is 13.6 Å². The van der Waals surface area contributed by atoms with Gasteiger partial charge in [0.05, 0.1) is 19.0 Å². The molecular weight excluding hydrogens is 218 g/mol. The minimum atomic E-state index is 0.223. The maximum atomic E-state index is 9.76. The molecule has 0 aliphatic carbocycles. The Labute approximate surface area is 99.6 Å². The third-order valence-corrected chi connectivity index (χ3v) is 2.48. The molecule has 1 heterocycles. The first kappa shape index (κ1) is 11.3. The molecule has 0 fully saturated rings. The molecule has 2 N–H and O–H groups in total. The lowest BCUT2D eigenvalue weighted by Crippen LogP contribution is -1.99. The number of aryl methyl sites for hydroxylation is 1. The van der Waals surface area contributed by atoms with E-state index in [1.54, 1.807) is 24.1 Å². The van der Waals surface area contributed by atoms with Gasteiger partial charge >= 0.3 is 0 Å². The minimum absolute atomic E-state index is 0.223. The summed E-state index contributed by atoms with van der Waals surface area (Å²) in [7, 11) is 3.43. The largest absolute Gasteiger partial charge is 0.507 e. The summed E-state index contributed by atoms with van der Waals surface area (Å²) in [6.07, 6.45) is 3.61. The number of aromatic nitrogens is 2. The van der Waals surface area contributed by atoms with Crippen LogP contribution in [0.4, 0.5) is 5.69 Å².